The number of non-ortho nitro benzene ring substituents is 1. The van der Waals surface area contributed by atoms with Gasteiger partial charge in [-0.3, -0.25) is 14.9 Å². The van der Waals surface area contributed by atoms with E-state index in [1.54, 1.807) is 18.2 Å². The average Bonchev–Trinajstić information content (AvgIpc) is 2.38. The Labute approximate surface area is 127 Å². The quantitative estimate of drug-likeness (QED) is 0.498. The maximum absolute atomic E-state index is 11.4. The molecule has 2 aromatic carbocycles. The normalized spacial score (nSPS) is 10.1. The molecule has 0 unspecified atom stereocenters. The molecule has 0 saturated heterocycles. The Bertz CT molecular complexity index is 688. The van der Waals surface area contributed by atoms with Gasteiger partial charge in [-0.15, -0.1) is 0 Å². The summed E-state index contributed by atoms with van der Waals surface area (Å²) in [5.41, 5.74) is 4.98. The van der Waals surface area contributed by atoms with Crippen molar-refractivity contribution < 1.29 is 14.5 Å². The molecule has 0 saturated carbocycles. The van der Waals surface area contributed by atoms with E-state index in [-0.39, 0.29) is 17.0 Å². The van der Waals surface area contributed by atoms with Gasteiger partial charge in [0.1, 0.15) is 11.5 Å². The molecular formula is C13H9IN2O4. The lowest BCUT2D eigenvalue weighted by atomic mass is 10.1. The minimum atomic E-state index is -0.783. The first kappa shape index (κ1) is 14.3. The molecule has 2 N–H and O–H groups in total. The number of nitrogens with zero attached hydrogens (tertiary/aromatic N) is 1. The second kappa shape index (κ2) is 5.87. The lowest BCUT2D eigenvalue weighted by molar-refractivity contribution is -0.384. The number of nitro benzene ring substituents is 1. The fourth-order valence-electron chi connectivity index (χ4n) is 1.57. The van der Waals surface area contributed by atoms with Gasteiger partial charge in [0.15, 0.2) is 0 Å². The van der Waals surface area contributed by atoms with Gasteiger partial charge in [-0.1, -0.05) is 6.07 Å². The summed E-state index contributed by atoms with van der Waals surface area (Å²) in [6, 6.07) is 10.9. The van der Waals surface area contributed by atoms with Gasteiger partial charge in [-0.2, -0.15) is 0 Å². The van der Waals surface area contributed by atoms with Crippen molar-refractivity contribution in [2.24, 2.45) is 5.73 Å². The van der Waals surface area contributed by atoms with Crippen molar-refractivity contribution in [2.75, 3.05) is 0 Å². The van der Waals surface area contributed by atoms with Gasteiger partial charge in [-0.25, -0.2) is 0 Å². The number of nitrogens with two attached hydrogens (primary N) is 1. The van der Waals surface area contributed by atoms with Gasteiger partial charge < -0.3 is 10.5 Å². The summed E-state index contributed by atoms with van der Waals surface area (Å²) in [4.78, 5) is 21.5. The minimum absolute atomic E-state index is 0.0296. The van der Waals surface area contributed by atoms with E-state index < -0.39 is 10.8 Å². The predicted octanol–water partition coefficient (Wildman–Crippen LogP) is 3.09. The van der Waals surface area contributed by atoms with Crippen LogP contribution >= 0.6 is 22.6 Å². The lowest BCUT2D eigenvalue weighted by Gasteiger charge is -2.09. The summed E-state index contributed by atoms with van der Waals surface area (Å²) in [7, 11) is 0. The molecule has 2 aromatic rings. The Hall–Kier alpha value is -2.16. The monoisotopic (exact) mass is 384 g/mol. The summed E-state index contributed by atoms with van der Waals surface area (Å²) < 4.78 is 6.52. The molecule has 0 aliphatic carbocycles. The fourth-order valence-corrected chi connectivity index (χ4v) is 2.09. The largest absolute Gasteiger partial charge is 0.456 e. The zero-order valence-electron chi connectivity index (χ0n) is 10.1. The summed E-state index contributed by atoms with van der Waals surface area (Å²) in [5, 5.41) is 10.7. The van der Waals surface area contributed by atoms with E-state index in [1.165, 1.54) is 12.1 Å². The molecular weight excluding hydrogens is 375 g/mol. The molecule has 20 heavy (non-hydrogen) atoms. The number of hydrogen-bond donors (Lipinski definition) is 1. The summed E-state index contributed by atoms with van der Waals surface area (Å²) in [6.45, 7) is 0. The van der Waals surface area contributed by atoms with Crippen molar-refractivity contribution in [3.8, 4) is 11.5 Å². The van der Waals surface area contributed by atoms with Crippen LogP contribution in [-0.4, -0.2) is 10.8 Å². The van der Waals surface area contributed by atoms with Crippen LogP contribution in [0.15, 0.2) is 42.5 Å². The van der Waals surface area contributed by atoms with Crippen LogP contribution in [0.25, 0.3) is 0 Å². The predicted molar refractivity (Wildman–Crippen MR) is 80.8 cm³/mol. The van der Waals surface area contributed by atoms with Crippen molar-refractivity contribution in [1.82, 2.24) is 0 Å². The number of ether oxygens (including phenoxy) is 1. The third-order valence-corrected chi connectivity index (χ3v) is 3.13. The molecule has 0 heterocycles. The van der Waals surface area contributed by atoms with Crippen LogP contribution < -0.4 is 10.5 Å². The first-order chi connectivity index (χ1) is 9.47. The highest BCUT2D eigenvalue weighted by Crippen LogP contribution is 2.29. The van der Waals surface area contributed by atoms with Gasteiger partial charge in [0.05, 0.1) is 10.5 Å². The number of primary amides is 1. The molecule has 0 bridgehead atoms. The van der Waals surface area contributed by atoms with Gasteiger partial charge in [0, 0.05) is 15.7 Å². The number of hydrogen-bond acceptors (Lipinski definition) is 4. The number of carbonyl (C=O) groups is 1. The van der Waals surface area contributed by atoms with Gasteiger partial charge in [-0.05, 0) is 46.9 Å². The Morgan fingerprint density at radius 3 is 2.60 bits per heavy atom. The lowest BCUT2D eigenvalue weighted by Crippen LogP contribution is -2.12. The third kappa shape index (κ3) is 3.23. The van der Waals surface area contributed by atoms with E-state index in [0.29, 0.717) is 5.75 Å². The van der Waals surface area contributed by atoms with Gasteiger partial charge in [0.2, 0.25) is 0 Å². The second-order valence-corrected chi connectivity index (χ2v) is 5.11. The Morgan fingerprint density at radius 2 is 2.00 bits per heavy atom. The van der Waals surface area contributed by atoms with E-state index >= 15 is 0 Å². The summed E-state index contributed by atoms with van der Waals surface area (Å²) in [5.74, 6) is -0.0762. The van der Waals surface area contributed by atoms with Gasteiger partial charge >= 0.3 is 0 Å². The van der Waals surface area contributed by atoms with Gasteiger partial charge in [0.25, 0.3) is 11.6 Å². The topological polar surface area (TPSA) is 95.5 Å². The number of halogens is 1. The Kier molecular flexibility index (Phi) is 4.18. The maximum Gasteiger partial charge on any atom is 0.270 e. The highest BCUT2D eigenvalue weighted by atomic mass is 127. The Morgan fingerprint density at radius 1 is 1.25 bits per heavy atom. The van der Waals surface area contributed by atoms with Crippen LogP contribution in [0.5, 0.6) is 11.5 Å². The number of benzene rings is 2. The van der Waals surface area contributed by atoms with Crippen LogP contribution in [0.3, 0.4) is 0 Å². The highest BCUT2D eigenvalue weighted by Gasteiger charge is 2.16. The van der Waals surface area contributed by atoms with Crippen LogP contribution in [-0.2, 0) is 0 Å². The van der Waals surface area contributed by atoms with Crippen LogP contribution in [0, 0.1) is 13.7 Å². The van der Waals surface area contributed by atoms with Crippen LogP contribution in [0.1, 0.15) is 10.4 Å². The van der Waals surface area contributed by atoms with Crippen molar-refractivity contribution in [2.45, 2.75) is 0 Å². The van der Waals surface area contributed by atoms with Crippen molar-refractivity contribution >= 4 is 34.2 Å². The van der Waals surface area contributed by atoms with Crippen LogP contribution in [0.2, 0.25) is 0 Å². The van der Waals surface area contributed by atoms with E-state index in [0.717, 1.165) is 9.64 Å². The molecule has 2 rings (SSSR count). The molecule has 0 aliphatic rings. The molecule has 0 spiro atoms. The number of rotatable bonds is 4. The molecule has 0 fully saturated rings. The molecule has 7 heteroatoms. The average molecular weight is 384 g/mol. The fraction of sp³-hybridized carbons (Fsp3) is 0. The Balaban J connectivity index is 2.41. The summed E-state index contributed by atoms with van der Waals surface area (Å²) in [6.07, 6.45) is 0. The van der Waals surface area contributed by atoms with Crippen molar-refractivity contribution in [3.63, 3.8) is 0 Å². The van der Waals surface area contributed by atoms with Crippen LogP contribution in [0.4, 0.5) is 5.69 Å². The highest BCUT2D eigenvalue weighted by molar-refractivity contribution is 14.1. The van der Waals surface area contributed by atoms with Crippen molar-refractivity contribution in [3.05, 3.63) is 61.7 Å². The molecule has 1 amide bonds. The first-order valence-corrected chi connectivity index (χ1v) is 6.57. The second-order valence-electron chi connectivity index (χ2n) is 3.86. The van der Waals surface area contributed by atoms with E-state index in [2.05, 4.69) is 22.6 Å². The summed E-state index contributed by atoms with van der Waals surface area (Å²) >= 11 is 2.12. The molecule has 0 atom stereocenters. The number of nitro groups is 1. The zero-order valence-corrected chi connectivity index (χ0v) is 12.2. The molecule has 0 aliphatic heterocycles. The number of amides is 1. The molecule has 6 nitrogen and oxygen atoms in total. The molecule has 0 aromatic heterocycles. The first-order valence-electron chi connectivity index (χ1n) is 5.49. The van der Waals surface area contributed by atoms with E-state index in [1.807, 2.05) is 6.07 Å². The van der Waals surface area contributed by atoms with E-state index in [9.17, 15) is 14.9 Å². The molecule has 0 radical (unpaired) electrons. The zero-order chi connectivity index (χ0) is 14.7. The number of carbonyl (C=O) groups excluding carboxylic acids is 1. The standard InChI is InChI=1S/C13H9IN2O4/c14-8-2-1-3-10(6-8)20-12-5-4-9(16(18)19)7-11(12)13(15)17/h1-7H,(H2,15,17). The third-order valence-electron chi connectivity index (χ3n) is 2.46. The molecule has 102 valence electrons. The maximum atomic E-state index is 11.4. The smallest absolute Gasteiger partial charge is 0.270 e. The minimum Gasteiger partial charge on any atom is -0.456 e. The van der Waals surface area contributed by atoms with E-state index in [4.69, 9.17) is 10.5 Å². The van der Waals surface area contributed by atoms with Crippen molar-refractivity contribution in [1.29, 1.82) is 0 Å². The SMILES string of the molecule is NC(=O)c1cc([N+](=O)[O-])ccc1Oc1cccc(I)c1.